The molecule has 0 aliphatic carbocycles. The smallest absolute Gasteiger partial charge is 0.191 e. The van der Waals surface area contributed by atoms with Crippen molar-refractivity contribution in [1.29, 1.82) is 0 Å². The predicted octanol–water partition coefficient (Wildman–Crippen LogP) is 2.68. The molecule has 1 aliphatic rings. The number of rotatable bonds is 7. The summed E-state index contributed by atoms with van der Waals surface area (Å²) < 4.78 is 5.50. The number of hydrogen-bond donors (Lipinski definition) is 2. The number of halogens is 1. The van der Waals surface area contributed by atoms with Gasteiger partial charge in [-0.3, -0.25) is 9.89 Å². The van der Waals surface area contributed by atoms with E-state index in [4.69, 9.17) is 16.3 Å². The van der Waals surface area contributed by atoms with Gasteiger partial charge in [-0.05, 0) is 24.1 Å². The number of nitrogens with one attached hydrogen (secondary N) is 2. The zero-order valence-corrected chi connectivity index (χ0v) is 15.5. The average molecular weight is 353 g/mol. The summed E-state index contributed by atoms with van der Waals surface area (Å²) in [6.07, 6.45) is 2.32. The van der Waals surface area contributed by atoms with Gasteiger partial charge < -0.3 is 15.4 Å². The van der Waals surface area contributed by atoms with Crippen molar-refractivity contribution in [3.05, 3.63) is 34.9 Å². The van der Waals surface area contributed by atoms with Crippen molar-refractivity contribution in [2.75, 3.05) is 46.4 Å². The summed E-state index contributed by atoms with van der Waals surface area (Å²) in [4.78, 5) is 6.77. The molecular formula is C18H29ClN4O. The second-order valence-electron chi connectivity index (χ2n) is 5.95. The largest absolute Gasteiger partial charge is 0.379 e. The highest BCUT2D eigenvalue weighted by Gasteiger charge is 2.22. The first kappa shape index (κ1) is 19.0. The zero-order valence-electron chi connectivity index (χ0n) is 14.7. The quantitative estimate of drug-likeness (QED) is 0.450. The second kappa shape index (κ2) is 10.5. The lowest BCUT2D eigenvalue weighted by Crippen LogP contribution is -2.46. The first-order valence-corrected chi connectivity index (χ1v) is 9.14. The SMILES string of the molecule is CCCCNC(=NC)NCC(c1ccc(Cl)cc1)N1CCOCC1. The highest BCUT2D eigenvalue weighted by Crippen LogP contribution is 2.23. The lowest BCUT2D eigenvalue weighted by molar-refractivity contribution is 0.0170. The zero-order chi connectivity index (χ0) is 17.2. The highest BCUT2D eigenvalue weighted by molar-refractivity contribution is 6.30. The van der Waals surface area contributed by atoms with Gasteiger partial charge in [-0.2, -0.15) is 0 Å². The van der Waals surface area contributed by atoms with E-state index in [1.807, 2.05) is 19.2 Å². The van der Waals surface area contributed by atoms with Crippen LogP contribution in [0.15, 0.2) is 29.3 Å². The molecule has 1 aromatic carbocycles. The van der Waals surface area contributed by atoms with E-state index in [9.17, 15) is 0 Å². The van der Waals surface area contributed by atoms with E-state index < -0.39 is 0 Å². The van der Waals surface area contributed by atoms with E-state index in [2.05, 4.69) is 39.6 Å². The Morgan fingerprint density at radius 3 is 2.58 bits per heavy atom. The number of nitrogens with zero attached hydrogens (tertiary/aromatic N) is 2. The minimum Gasteiger partial charge on any atom is -0.379 e. The molecule has 1 saturated heterocycles. The minimum atomic E-state index is 0.274. The third-order valence-electron chi connectivity index (χ3n) is 4.25. The Kier molecular flexibility index (Phi) is 8.36. The Morgan fingerprint density at radius 2 is 1.96 bits per heavy atom. The molecule has 0 aromatic heterocycles. The molecule has 5 nitrogen and oxygen atoms in total. The average Bonchev–Trinajstić information content (AvgIpc) is 2.63. The van der Waals surface area contributed by atoms with Crippen LogP contribution in [0.5, 0.6) is 0 Å². The Labute approximate surface area is 150 Å². The van der Waals surface area contributed by atoms with Gasteiger partial charge in [-0.15, -0.1) is 0 Å². The summed E-state index contributed by atoms with van der Waals surface area (Å²) in [5.74, 6) is 0.857. The van der Waals surface area contributed by atoms with Gasteiger partial charge in [0.25, 0.3) is 0 Å². The van der Waals surface area contributed by atoms with Crippen LogP contribution < -0.4 is 10.6 Å². The summed E-state index contributed by atoms with van der Waals surface area (Å²) in [6.45, 7) is 7.38. The van der Waals surface area contributed by atoms with E-state index in [0.29, 0.717) is 0 Å². The molecule has 0 amide bonds. The van der Waals surface area contributed by atoms with Crippen molar-refractivity contribution in [3.63, 3.8) is 0 Å². The molecule has 0 radical (unpaired) electrons. The third-order valence-corrected chi connectivity index (χ3v) is 4.50. The molecule has 2 rings (SSSR count). The van der Waals surface area contributed by atoms with Crippen LogP contribution in [0.25, 0.3) is 0 Å². The van der Waals surface area contributed by atoms with Gasteiger partial charge in [-0.1, -0.05) is 37.1 Å². The maximum atomic E-state index is 6.04. The molecule has 1 atom stereocenters. The van der Waals surface area contributed by atoms with Crippen LogP contribution in [0.2, 0.25) is 5.02 Å². The van der Waals surface area contributed by atoms with E-state index in [-0.39, 0.29) is 6.04 Å². The first-order valence-electron chi connectivity index (χ1n) is 8.76. The van der Waals surface area contributed by atoms with Crippen LogP contribution in [0.4, 0.5) is 0 Å². The van der Waals surface area contributed by atoms with E-state index >= 15 is 0 Å². The molecule has 1 fully saturated rings. The van der Waals surface area contributed by atoms with Gasteiger partial charge in [0.2, 0.25) is 0 Å². The van der Waals surface area contributed by atoms with Gasteiger partial charge in [0.05, 0.1) is 19.3 Å². The third kappa shape index (κ3) is 5.96. The normalized spacial score (nSPS) is 17.5. The van der Waals surface area contributed by atoms with Crippen molar-refractivity contribution in [2.24, 2.45) is 4.99 Å². The number of aliphatic imine (C=N–C) groups is 1. The Morgan fingerprint density at radius 1 is 1.25 bits per heavy atom. The van der Waals surface area contributed by atoms with Crippen molar-refractivity contribution in [3.8, 4) is 0 Å². The van der Waals surface area contributed by atoms with Crippen molar-refractivity contribution in [2.45, 2.75) is 25.8 Å². The molecule has 134 valence electrons. The number of unbranched alkanes of at least 4 members (excludes halogenated alkanes) is 1. The minimum absolute atomic E-state index is 0.274. The molecule has 0 spiro atoms. The van der Waals surface area contributed by atoms with Crippen LogP contribution in [-0.4, -0.2) is 57.3 Å². The maximum absolute atomic E-state index is 6.04. The maximum Gasteiger partial charge on any atom is 0.191 e. The summed E-state index contributed by atoms with van der Waals surface area (Å²) in [7, 11) is 1.81. The van der Waals surface area contributed by atoms with Crippen LogP contribution in [0.1, 0.15) is 31.4 Å². The number of ether oxygens (including phenoxy) is 1. The molecule has 1 heterocycles. The molecule has 1 aliphatic heterocycles. The number of morpholine rings is 1. The van der Waals surface area contributed by atoms with Gasteiger partial charge in [0, 0.05) is 38.2 Å². The molecule has 1 unspecified atom stereocenters. The van der Waals surface area contributed by atoms with Gasteiger partial charge in [0.1, 0.15) is 0 Å². The van der Waals surface area contributed by atoms with Crippen molar-refractivity contribution in [1.82, 2.24) is 15.5 Å². The second-order valence-corrected chi connectivity index (χ2v) is 6.39. The summed E-state index contributed by atoms with van der Waals surface area (Å²) in [5, 5.41) is 7.59. The van der Waals surface area contributed by atoms with E-state index in [1.165, 1.54) is 12.0 Å². The highest BCUT2D eigenvalue weighted by atomic mass is 35.5. The number of guanidine groups is 1. The Bertz CT molecular complexity index is 500. The predicted molar refractivity (Wildman–Crippen MR) is 101 cm³/mol. The van der Waals surface area contributed by atoms with E-state index in [0.717, 1.165) is 56.8 Å². The lowest BCUT2D eigenvalue weighted by Gasteiger charge is -2.35. The molecular weight excluding hydrogens is 324 g/mol. The molecule has 0 saturated carbocycles. The molecule has 6 heteroatoms. The number of benzene rings is 1. The fraction of sp³-hybridized carbons (Fsp3) is 0.611. The summed E-state index contributed by atoms with van der Waals surface area (Å²) >= 11 is 6.04. The standard InChI is InChI=1S/C18H29ClN4O/c1-3-4-9-21-18(20-2)22-14-17(23-10-12-24-13-11-23)15-5-7-16(19)8-6-15/h5-8,17H,3-4,9-14H2,1-2H3,(H2,20,21,22). The Balaban J connectivity index is 2.01. The summed E-state index contributed by atoms with van der Waals surface area (Å²) in [6, 6.07) is 8.41. The topological polar surface area (TPSA) is 48.9 Å². The van der Waals surface area contributed by atoms with Crippen LogP contribution in [0.3, 0.4) is 0 Å². The fourth-order valence-corrected chi connectivity index (χ4v) is 2.96. The van der Waals surface area contributed by atoms with Crippen molar-refractivity contribution >= 4 is 17.6 Å². The monoisotopic (exact) mass is 352 g/mol. The molecule has 0 bridgehead atoms. The molecule has 2 N–H and O–H groups in total. The van der Waals surface area contributed by atoms with Gasteiger partial charge in [0.15, 0.2) is 5.96 Å². The van der Waals surface area contributed by atoms with Crippen molar-refractivity contribution < 1.29 is 4.74 Å². The fourth-order valence-electron chi connectivity index (χ4n) is 2.83. The number of hydrogen-bond acceptors (Lipinski definition) is 3. The first-order chi connectivity index (χ1) is 11.7. The summed E-state index contributed by atoms with van der Waals surface area (Å²) in [5.41, 5.74) is 1.26. The van der Waals surface area contributed by atoms with Gasteiger partial charge in [-0.25, -0.2) is 0 Å². The van der Waals surface area contributed by atoms with Crippen LogP contribution in [-0.2, 0) is 4.74 Å². The molecule has 24 heavy (non-hydrogen) atoms. The molecule has 1 aromatic rings. The lowest BCUT2D eigenvalue weighted by atomic mass is 10.0. The Hall–Kier alpha value is -1.30. The van der Waals surface area contributed by atoms with Gasteiger partial charge >= 0.3 is 0 Å². The van der Waals surface area contributed by atoms with Crippen LogP contribution in [0, 0.1) is 0 Å². The van der Waals surface area contributed by atoms with E-state index in [1.54, 1.807) is 0 Å². The van der Waals surface area contributed by atoms with Crippen LogP contribution >= 0.6 is 11.6 Å².